The molecule has 1 N–H and O–H groups in total. The number of hydrogen-bond donors (Lipinski definition) is 1. The van der Waals surface area contributed by atoms with Gasteiger partial charge in [-0.15, -0.1) is 0 Å². The van der Waals surface area contributed by atoms with Crippen LogP contribution >= 0.6 is 0 Å². The zero-order chi connectivity index (χ0) is 14.4. The minimum absolute atomic E-state index is 0.244. The number of carboxylic acid groups (broad SMARTS) is 1. The molecule has 1 heterocycles. The van der Waals surface area contributed by atoms with Crippen molar-refractivity contribution in [3.63, 3.8) is 0 Å². The van der Waals surface area contributed by atoms with Gasteiger partial charge in [0.2, 0.25) is 0 Å². The molecule has 0 spiro atoms. The van der Waals surface area contributed by atoms with Crippen LogP contribution in [0.3, 0.4) is 0 Å². The van der Waals surface area contributed by atoms with Gasteiger partial charge in [-0.25, -0.2) is 4.79 Å². The highest BCUT2D eigenvalue weighted by molar-refractivity contribution is 6.16. The number of para-hydroxylation sites is 1. The predicted molar refractivity (Wildman–Crippen MR) is 78.9 cm³/mol. The van der Waals surface area contributed by atoms with E-state index in [0.29, 0.717) is 34.8 Å². The van der Waals surface area contributed by atoms with Gasteiger partial charge in [0.25, 0.3) is 0 Å². The highest BCUT2D eigenvalue weighted by atomic mass is 16.5. The van der Waals surface area contributed by atoms with E-state index in [9.17, 15) is 9.90 Å². The third-order valence-corrected chi connectivity index (χ3v) is 3.89. The second-order valence-electron chi connectivity index (χ2n) is 5.47. The summed E-state index contributed by atoms with van der Waals surface area (Å²) in [5.74, 6) is 0.293. The molecule has 1 aliphatic rings. The predicted octanol–water partition coefficient (Wildman–Crippen LogP) is 4.07. The van der Waals surface area contributed by atoms with Crippen LogP contribution in [0.25, 0.3) is 21.9 Å². The number of rotatable bonds is 4. The largest absolute Gasteiger partial charge is 0.489 e. The number of ether oxygens (including phenoxy) is 1. The van der Waals surface area contributed by atoms with Crippen LogP contribution in [-0.4, -0.2) is 17.7 Å². The highest BCUT2D eigenvalue weighted by Crippen LogP contribution is 2.38. The molecule has 0 aliphatic heterocycles. The molecular weight excluding hydrogens is 268 g/mol. The minimum atomic E-state index is -0.958. The van der Waals surface area contributed by atoms with Crippen LogP contribution in [0, 0.1) is 5.92 Å². The van der Waals surface area contributed by atoms with Crippen LogP contribution in [0.15, 0.2) is 40.8 Å². The summed E-state index contributed by atoms with van der Waals surface area (Å²) in [6, 6.07) is 10.7. The monoisotopic (exact) mass is 282 g/mol. The molecule has 0 radical (unpaired) electrons. The van der Waals surface area contributed by atoms with Gasteiger partial charge in [0.15, 0.2) is 11.3 Å². The summed E-state index contributed by atoms with van der Waals surface area (Å²) >= 11 is 0. The van der Waals surface area contributed by atoms with Crippen LogP contribution in [-0.2, 0) is 0 Å². The molecule has 106 valence electrons. The summed E-state index contributed by atoms with van der Waals surface area (Å²) < 4.78 is 11.7. The van der Waals surface area contributed by atoms with Crippen LogP contribution in [0.2, 0.25) is 0 Å². The molecule has 0 unspecified atom stereocenters. The van der Waals surface area contributed by atoms with Gasteiger partial charge in [0.1, 0.15) is 5.58 Å². The summed E-state index contributed by atoms with van der Waals surface area (Å²) in [6.45, 7) is 0.665. The Bertz CT molecular complexity index is 842. The van der Waals surface area contributed by atoms with Crippen molar-refractivity contribution in [1.82, 2.24) is 0 Å². The zero-order valence-corrected chi connectivity index (χ0v) is 11.3. The van der Waals surface area contributed by atoms with Gasteiger partial charge in [-0.05, 0) is 37.0 Å². The van der Waals surface area contributed by atoms with Gasteiger partial charge in [0.05, 0.1) is 12.2 Å². The summed E-state index contributed by atoms with van der Waals surface area (Å²) in [5, 5.41) is 10.8. The zero-order valence-electron chi connectivity index (χ0n) is 11.3. The fraction of sp³-hybridized carbons (Fsp3) is 0.235. The number of hydrogen-bond acceptors (Lipinski definition) is 3. The van der Waals surface area contributed by atoms with Crippen molar-refractivity contribution in [3.05, 3.63) is 42.0 Å². The lowest BCUT2D eigenvalue weighted by atomic mass is 10.1. The van der Waals surface area contributed by atoms with Crippen LogP contribution in [0.1, 0.15) is 23.2 Å². The average Bonchev–Trinajstić information content (AvgIpc) is 3.23. The third kappa shape index (κ3) is 2.03. The molecule has 3 aromatic rings. The molecule has 1 aromatic heterocycles. The molecule has 1 fully saturated rings. The lowest BCUT2D eigenvalue weighted by molar-refractivity contribution is 0.0699. The van der Waals surface area contributed by atoms with E-state index in [0.717, 1.165) is 5.39 Å². The summed E-state index contributed by atoms with van der Waals surface area (Å²) in [4.78, 5) is 11.5. The quantitative estimate of drug-likeness (QED) is 0.783. The Kier molecular flexibility index (Phi) is 2.64. The Morgan fingerprint density at radius 2 is 2.05 bits per heavy atom. The Morgan fingerprint density at radius 3 is 2.81 bits per heavy atom. The van der Waals surface area contributed by atoms with Gasteiger partial charge >= 0.3 is 5.97 Å². The molecule has 4 heteroatoms. The highest BCUT2D eigenvalue weighted by Gasteiger charge is 2.24. The fourth-order valence-corrected chi connectivity index (χ4v) is 2.59. The molecule has 1 aliphatic carbocycles. The second kappa shape index (κ2) is 4.52. The van der Waals surface area contributed by atoms with Crippen molar-refractivity contribution in [2.45, 2.75) is 12.8 Å². The van der Waals surface area contributed by atoms with Gasteiger partial charge in [0, 0.05) is 10.8 Å². The second-order valence-corrected chi connectivity index (χ2v) is 5.47. The maximum atomic E-state index is 11.5. The lowest BCUT2D eigenvalue weighted by Gasteiger charge is -2.06. The molecule has 2 aromatic carbocycles. The number of carboxylic acids is 1. The molecule has 0 atom stereocenters. The van der Waals surface area contributed by atoms with Crippen molar-refractivity contribution in [2.24, 2.45) is 5.92 Å². The number of benzene rings is 2. The summed E-state index contributed by atoms with van der Waals surface area (Å²) in [5.41, 5.74) is 1.45. The fourth-order valence-electron chi connectivity index (χ4n) is 2.59. The molecule has 4 nitrogen and oxygen atoms in total. The van der Waals surface area contributed by atoms with E-state index in [4.69, 9.17) is 9.15 Å². The number of furan rings is 1. The first kappa shape index (κ1) is 12.3. The smallest absolute Gasteiger partial charge is 0.336 e. The van der Waals surface area contributed by atoms with Crippen LogP contribution in [0.5, 0.6) is 5.75 Å². The van der Waals surface area contributed by atoms with Crippen molar-refractivity contribution in [2.75, 3.05) is 6.61 Å². The van der Waals surface area contributed by atoms with E-state index in [-0.39, 0.29) is 5.56 Å². The maximum absolute atomic E-state index is 11.5. The number of carbonyl (C=O) groups is 1. The number of aromatic carboxylic acids is 1. The van der Waals surface area contributed by atoms with Crippen molar-refractivity contribution in [3.8, 4) is 5.75 Å². The van der Waals surface area contributed by atoms with Crippen molar-refractivity contribution < 1.29 is 19.1 Å². The molecule has 21 heavy (non-hydrogen) atoms. The lowest BCUT2D eigenvalue weighted by Crippen LogP contribution is -2.01. The molecule has 1 saturated carbocycles. The first-order valence-corrected chi connectivity index (χ1v) is 7.04. The van der Waals surface area contributed by atoms with Crippen molar-refractivity contribution >= 4 is 27.9 Å². The SMILES string of the molecule is O=C(O)c1ccc(OCC2CC2)c2oc3ccccc3c12. The number of fused-ring (bicyclic) bond motifs is 3. The van der Waals surface area contributed by atoms with Crippen LogP contribution in [0.4, 0.5) is 0 Å². The first-order chi connectivity index (χ1) is 10.2. The van der Waals surface area contributed by atoms with E-state index < -0.39 is 5.97 Å². The van der Waals surface area contributed by atoms with E-state index in [2.05, 4.69) is 0 Å². The maximum Gasteiger partial charge on any atom is 0.336 e. The summed E-state index contributed by atoms with van der Waals surface area (Å²) in [7, 11) is 0. The first-order valence-electron chi connectivity index (χ1n) is 7.04. The topological polar surface area (TPSA) is 59.7 Å². The normalized spacial score (nSPS) is 14.7. The van der Waals surface area contributed by atoms with Gasteiger partial charge < -0.3 is 14.3 Å². The Morgan fingerprint density at radius 1 is 1.24 bits per heavy atom. The molecule has 4 rings (SSSR count). The van der Waals surface area contributed by atoms with E-state index in [1.165, 1.54) is 12.8 Å². The third-order valence-electron chi connectivity index (χ3n) is 3.89. The van der Waals surface area contributed by atoms with Gasteiger partial charge in [-0.2, -0.15) is 0 Å². The van der Waals surface area contributed by atoms with E-state index in [1.807, 2.05) is 24.3 Å². The van der Waals surface area contributed by atoms with Crippen LogP contribution < -0.4 is 4.74 Å². The van der Waals surface area contributed by atoms with Crippen molar-refractivity contribution in [1.29, 1.82) is 0 Å². The van der Waals surface area contributed by atoms with Gasteiger partial charge in [-0.1, -0.05) is 18.2 Å². The Labute approximate surface area is 120 Å². The Balaban J connectivity index is 1.95. The average molecular weight is 282 g/mol. The minimum Gasteiger partial charge on any atom is -0.489 e. The van der Waals surface area contributed by atoms with E-state index >= 15 is 0 Å². The Hall–Kier alpha value is -2.49. The molecular formula is C17H14O4. The van der Waals surface area contributed by atoms with E-state index in [1.54, 1.807) is 12.1 Å². The molecule has 0 amide bonds. The molecule has 0 saturated heterocycles. The van der Waals surface area contributed by atoms with Gasteiger partial charge in [-0.3, -0.25) is 0 Å². The molecule has 0 bridgehead atoms. The summed E-state index contributed by atoms with van der Waals surface area (Å²) in [6.07, 6.45) is 2.41. The standard InChI is InChI=1S/C17H14O4/c18-17(19)12-7-8-14(20-9-10-5-6-10)16-15(12)11-3-1-2-4-13(11)21-16/h1-4,7-8,10H,5-6,9H2,(H,18,19).